The van der Waals surface area contributed by atoms with Crippen molar-refractivity contribution in [3.8, 4) is 5.88 Å². The van der Waals surface area contributed by atoms with E-state index in [0.717, 1.165) is 11.8 Å². The van der Waals surface area contributed by atoms with E-state index >= 15 is 0 Å². The van der Waals surface area contributed by atoms with Crippen molar-refractivity contribution in [2.45, 2.75) is 42.0 Å². The number of halogens is 3. The Bertz CT molecular complexity index is 839. The Hall–Kier alpha value is -1.76. The molecular formula is C12H12F3N3O5S2. The van der Waals surface area contributed by atoms with Crippen LogP contribution in [0.2, 0.25) is 0 Å². The van der Waals surface area contributed by atoms with Gasteiger partial charge < -0.3 is 9.29 Å². The lowest BCUT2D eigenvalue weighted by Gasteiger charge is -2.35. The first-order chi connectivity index (χ1) is 11.5. The van der Waals surface area contributed by atoms with Gasteiger partial charge in [0.2, 0.25) is 5.88 Å². The van der Waals surface area contributed by atoms with Gasteiger partial charge in [0, 0.05) is 12.0 Å². The molecular weight excluding hydrogens is 387 g/mol. The summed E-state index contributed by atoms with van der Waals surface area (Å²) < 4.78 is 64.8. The van der Waals surface area contributed by atoms with Gasteiger partial charge in [0.25, 0.3) is 0 Å². The van der Waals surface area contributed by atoms with E-state index in [4.69, 9.17) is 0 Å². The average molecular weight is 399 g/mol. The highest BCUT2D eigenvalue weighted by Gasteiger charge is 2.55. The van der Waals surface area contributed by atoms with Crippen molar-refractivity contribution >= 4 is 28.0 Å². The molecule has 1 spiro atoms. The molecule has 1 aromatic rings. The van der Waals surface area contributed by atoms with Crippen LogP contribution in [0.4, 0.5) is 18.0 Å². The van der Waals surface area contributed by atoms with E-state index in [-0.39, 0.29) is 29.4 Å². The highest BCUT2D eigenvalue weighted by molar-refractivity contribution is 7.98. The smallest absolute Gasteiger partial charge is 0.465 e. The minimum absolute atomic E-state index is 0.00596. The third kappa shape index (κ3) is 3.10. The molecule has 25 heavy (non-hydrogen) atoms. The fourth-order valence-corrected chi connectivity index (χ4v) is 3.52. The van der Waals surface area contributed by atoms with Crippen molar-refractivity contribution in [3.63, 3.8) is 0 Å². The largest absolute Gasteiger partial charge is 0.534 e. The van der Waals surface area contributed by atoms with Gasteiger partial charge in [-0.25, -0.2) is 9.78 Å². The molecule has 1 fully saturated rings. The fourth-order valence-electron chi connectivity index (χ4n) is 2.71. The van der Waals surface area contributed by atoms with Crippen LogP contribution in [0.1, 0.15) is 24.1 Å². The Balaban J connectivity index is 2.07. The summed E-state index contributed by atoms with van der Waals surface area (Å²) in [4.78, 5) is 20.4. The maximum atomic E-state index is 12.6. The van der Waals surface area contributed by atoms with Gasteiger partial charge in [0.15, 0.2) is 5.16 Å². The highest BCUT2D eigenvalue weighted by Crippen LogP contribution is 2.50. The van der Waals surface area contributed by atoms with Gasteiger partial charge in [-0.1, -0.05) is 11.8 Å². The zero-order valence-electron chi connectivity index (χ0n) is 12.7. The summed E-state index contributed by atoms with van der Waals surface area (Å²) in [7, 11) is -5.89. The maximum absolute atomic E-state index is 12.6. The lowest BCUT2D eigenvalue weighted by molar-refractivity contribution is -0.0502. The third-order valence-electron chi connectivity index (χ3n) is 4.13. The van der Waals surface area contributed by atoms with Gasteiger partial charge in [-0.15, -0.1) is 0 Å². The number of carbonyl (C=O) groups is 1. The minimum atomic E-state index is -5.89. The molecule has 1 N–H and O–H groups in total. The number of hydrogen-bond donors (Lipinski definition) is 1. The van der Waals surface area contributed by atoms with Gasteiger partial charge in [-0.3, -0.25) is 4.90 Å². The van der Waals surface area contributed by atoms with Crippen LogP contribution >= 0.6 is 11.8 Å². The topological polar surface area (TPSA) is 110 Å². The summed E-state index contributed by atoms with van der Waals surface area (Å²) in [5.41, 5.74) is -6.11. The predicted molar refractivity (Wildman–Crippen MR) is 78.7 cm³/mol. The first-order valence-electron chi connectivity index (χ1n) is 6.94. The summed E-state index contributed by atoms with van der Waals surface area (Å²) in [6, 6.07) is 0. The van der Waals surface area contributed by atoms with Crippen LogP contribution in [-0.4, -0.2) is 51.8 Å². The molecule has 138 valence electrons. The van der Waals surface area contributed by atoms with Crippen molar-refractivity contribution < 1.29 is 35.7 Å². The van der Waals surface area contributed by atoms with Crippen LogP contribution in [0, 0.1) is 0 Å². The van der Waals surface area contributed by atoms with E-state index in [1.165, 1.54) is 4.90 Å². The quantitative estimate of drug-likeness (QED) is 0.356. The molecule has 13 heteroatoms. The molecule has 1 saturated carbocycles. The van der Waals surface area contributed by atoms with Gasteiger partial charge in [-0.05, 0) is 19.1 Å². The second kappa shape index (κ2) is 5.62. The maximum Gasteiger partial charge on any atom is 0.534 e. The van der Waals surface area contributed by atoms with E-state index in [2.05, 4.69) is 14.2 Å². The molecule has 1 amide bonds. The van der Waals surface area contributed by atoms with Crippen LogP contribution in [0.5, 0.6) is 5.88 Å². The van der Waals surface area contributed by atoms with Crippen LogP contribution < -0.4 is 4.18 Å². The van der Waals surface area contributed by atoms with Crippen LogP contribution in [0.3, 0.4) is 0 Å². The van der Waals surface area contributed by atoms with Gasteiger partial charge in [0.1, 0.15) is 0 Å². The second-order valence-corrected chi connectivity index (χ2v) is 8.00. The van der Waals surface area contributed by atoms with E-state index in [0.29, 0.717) is 12.8 Å². The zero-order chi connectivity index (χ0) is 18.6. The van der Waals surface area contributed by atoms with E-state index < -0.39 is 33.1 Å². The minimum Gasteiger partial charge on any atom is -0.465 e. The van der Waals surface area contributed by atoms with Crippen LogP contribution in [0.15, 0.2) is 5.16 Å². The Morgan fingerprint density at radius 3 is 2.48 bits per heavy atom. The number of amides is 1. The lowest BCUT2D eigenvalue weighted by atomic mass is 9.97. The first kappa shape index (κ1) is 18.0. The highest BCUT2D eigenvalue weighted by atomic mass is 32.2. The molecule has 2 aliphatic rings. The number of thioether (sulfide) groups is 1. The number of alkyl halides is 3. The lowest BCUT2D eigenvalue weighted by Crippen LogP contribution is -2.46. The Morgan fingerprint density at radius 2 is 2.00 bits per heavy atom. The molecule has 2 heterocycles. The van der Waals surface area contributed by atoms with E-state index in [1.807, 2.05) is 0 Å². The molecule has 0 bridgehead atoms. The number of hydrogen-bond acceptors (Lipinski definition) is 7. The summed E-state index contributed by atoms with van der Waals surface area (Å²) in [6.45, 7) is -0.164. The number of nitrogens with zero attached hydrogens (tertiary/aromatic N) is 3. The van der Waals surface area contributed by atoms with Crippen molar-refractivity contribution in [2.24, 2.45) is 0 Å². The molecule has 1 aliphatic heterocycles. The average Bonchev–Trinajstić information content (AvgIpc) is 3.25. The number of aromatic nitrogens is 2. The van der Waals surface area contributed by atoms with E-state index in [9.17, 15) is 31.5 Å². The molecule has 1 aliphatic carbocycles. The van der Waals surface area contributed by atoms with Crippen molar-refractivity contribution in [3.05, 3.63) is 11.3 Å². The molecule has 0 atom stereocenters. The predicted octanol–water partition coefficient (Wildman–Crippen LogP) is 2.00. The number of carboxylic acid groups (broad SMARTS) is 1. The first-order valence-corrected chi connectivity index (χ1v) is 9.57. The Kier molecular flexibility index (Phi) is 4.06. The van der Waals surface area contributed by atoms with Crippen molar-refractivity contribution in [1.29, 1.82) is 0 Å². The SMILES string of the molecule is CSc1nc2c(c(OS(=O)(=O)C(F)(F)F)n1)CC1(CC1)N(C(=O)O)C2. The van der Waals surface area contributed by atoms with Gasteiger partial charge >= 0.3 is 21.7 Å². The van der Waals surface area contributed by atoms with Crippen molar-refractivity contribution in [1.82, 2.24) is 14.9 Å². The number of rotatable bonds is 3. The molecule has 0 aromatic carbocycles. The monoisotopic (exact) mass is 399 g/mol. The molecule has 0 radical (unpaired) electrons. The molecule has 8 nitrogen and oxygen atoms in total. The summed E-state index contributed by atoms with van der Waals surface area (Å²) in [6.07, 6.45) is 1.43. The van der Waals surface area contributed by atoms with Crippen molar-refractivity contribution in [2.75, 3.05) is 6.26 Å². The normalized spacial score (nSPS) is 18.8. The van der Waals surface area contributed by atoms with Crippen LogP contribution in [0.25, 0.3) is 0 Å². The molecule has 1 aromatic heterocycles. The molecule has 0 saturated heterocycles. The summed E-state index contributed by atoms with van der Waals surface area (Å²) >= 11 is 0.970. The number of fused-ring (bicyclic) bond motifs is 1. The Labute approximate surface area is 144 Å². The molecule has 0 unspecified atom stereocenters. The fraction of sp³-hybridized carbons (Fsp3) is 0.583. The zero-order valence-corrected chi connectivity index (χ0v) is 14.3. The second-order valence-electron chi connectivity index (χ2n) is 5.69. The van der Waals surface area contributed by atoms with Gasteiger partial charge in [0.05, 0.1) is 17.8 Å². The standard InChI is InChI=1S/C12H12F3N3O5S2/c1-24-9-16-7-5-18(10(19)20)11(2-3-11)4-6(7)8(17-9)23-25(21,22)12(13,14)15/h2-5H2,1H3,(H,19,20). The third-order valence-corrected chi connectivity index (χ3v) is 5.63. The van der Waals surface area contributed by atoms with Gasteiger partial charge in [-0.2, -0.15) is 26.6 Å². The summed E-state index contributed by atoms with van der Waals surface area (Å²) in [5.74, 6) is -0.692. The van der Waals surface area contributed by atoms with E-state index in [1.54, 1.807) is 6.26 Å². The van der Waals surface area contributed by atoms with Crippen LogP contribution in [-0.2, 0) is 23.1 Å². The summed E-state index contributed by atoms with van der Waals surface area (Å²) in [5, 5.41) is 9.32. The molecule has 3 rings (SSSR count). The Morgan fingerprint density at radius 1 is 1.36 bits per heavy atom.